The van der Waals surface area contributed by atoms with Crippen molar-refractivity contribution in [2.45, 2.75) is 26.7 Å². The Kier molecular flexibility index (Phi) is 3.79. The molecule has 1 aliphatic rings. The fraction of sp³-hybridized carbons (Fsp3) is 0.636. The van der Waals surface area contributed by atoms with Gasteiger partial charge in [-0.2, -0.15) is 4.98 Å². The van der Waals surface area contributed by atoms with Crippen LogP contribution in [0.15, 0.2) is 0 Å². The summed E-state index contributed by atoms with van der Waals surface area (Å²) >= 11 is 0. The van der Waals surface area contributed by atoms with Crippen LogP contribution >= 0.6 is 0 Å². The summed E-state index contributed by atoms with van der Waals surface area (Å²) in [6.45, 7) is 5.00. The molecular formula is C11H18N6O2. The van der Waals surface area contributed by atoms with Crippen LogP contribution in [0, 0.1) is 23.0 Å². The smallest absolute Gasteiger partial charge is 0.332 e. The standard InChI is InChI=1S/C11H18N6O2/c1-3-16(6-8-4-5-8)10-9(17(18)19)7(2)13-11(14-10)15-12/h8H,3-6,12H2,1-2H3,(H,13,14,15). The molecule has 0 saturated heterocycles. The third kappa shape index (κ3) is 2.90. The number of nitro groups is 1. The first-order chi connectivity index (χ1) is 9.06. The molecule has 2 rings (SSSR count). The van der Waals surface area contributed by atoms with E-state index in [0.717, 1.165) is 6.54 Å². The molecule has 1 aromatic rings. The van der Waals surface area contributed by atoms with Gasteiger partial charge in [-0.05, 0) is 32.6 Å². The first kappa shape index (κ1) is 13.5. The molecule has 0 bridgehead atoms. The SMILES string of the molecule is CCN(CC1CC1)c1nc(NN)nc(C)c1[N+](=O)[O-]. The number of aromatic nitrogens is 2. The number of rotatable bonds is 6. The molecule has 0 spiro atoms. The lowest BCUT2D eigenvalue weighted by Crippen LogP contribution is -2.28. The lowest BCUT2D eigenvalue weighted by atomic mass is 10.3. The van der Waals surface area contributed by atoms with Crippen LogP contribution in [0.4, 0.5) is 17.5 Å². The van der Waals surface area contributed by atoms with E-state index in [1.54, 1.807) is 6.92 Å². The van der Waals surface area contributed by atoms with Gasteiger partial charge >= 0.3 is 5.69 Å². The molecule has 0 amide bonds. The van der Waals surface area contributed by atoms with E-state index in [1.165, 1.54) is 12.8 Å². The van der Waals surface area contributed by atoms with Gasteiger partial charge < -0.3 is 4.90 Å². The molecule has 1 aliphatic carbocycles. The van der Waals surface area contributed by atoms with Crippen molar-refractivity contribution in [1.29, 1.82) is 0 Å². The number of hydrazine groups is 1. The van der Waals surface area contributed by atoms with Gasteiger partial charge in [-0.15, -0.1) is 0 Å². The van der Waals surface area contributed by atoms with Crippen molar-refractivity contribution >= 4 is 17.5 Å². The first-order valence-corrected chi connectivity index (χ1v) is 6.31. The Morgan fingerprint density at radius 2 is 2.21 bits per heavy atom. The average molecular weight is 266 g/mol. The van der Waals surface area contributed by atoms with E-state index in [4.69, 9.17) is 5.84 Å². The Hall–Kier alpha value is -1.96. The molecule has 0 aliphatic heterocycles. The van der Waals surface area contributed by atoms with Crippen LogP contribution < -0.4 is 16.2 Å². The predicted octanol–water partition coefficient (Wildman–Crippen LogP) is 1.22. The molecule has 104 valence electrons. The van der Waals surface area contributed by atoms with E-state index >= 15 is 0 Å². The van der Waals surface area contributed by atoms with E-state index in [-0.39, 0.29) is 11.6 Å². The number of nitrogens with two attached hydrogens (primary N) is 1. The molecule has 1 aromatic heterocycles. The van der Waals surface area contributed by atoms with Gasteiger partial charge in [0.05, 0.1) is 4.92 Å². The molecule has 0 aromatic carbocycles. The highest BCUT2D eigenvalue weighted by Gasteiger charge is 2.30. The van der Waals surface area contributed by atoms with Gasteiger partial charge in [0, 0.05) is 13.1 Å². The molecule has 3 N–H and O–H groups in total. The third-order valence-electron chi connectivity index (χ3n) is 3.21. The van der Waals surface area contributed by atoms with E-state index in [2.05, 4.69) is 15.4 Å². The molecule has 0 unspecified atom stereocenters. The molecule has 1 fully saturated rings. The quantitative estimate of drug-likeness (QED) is 0.452. The summed E-state index contributed by atoms with van der Waals surface area (Å²) in [4.78, 5) is 20.8. The van der Waals surface area contributed by atoms with Gasteiger partial charge in [0.1, 0.15) is 5.69 Å². The van der Waals surface area contributed by atoms with E-state index < -0.39 is 4.92 Å². The number of nitrogens with zero attached hydrogens (tertiary/aromatic N) is 4. The van der Waals surface area contributed by atoms with Gasteiger partial charge in [-0.25, -0.2) is 10.8 Å². The van der Waals surface area contributed by atoms with Gasteiger partial charge in [0.2, 0.25) is 11.8 Å². The van der Waals surface area contributed by atoms with E-state index in [9.17, 15) is 10.1 Å². The minimum absolute atomic E-state index is 0.0403. The van der Waals surface area contributed by atoms with Crippen molar-refractivity contribution in [3.05, 3.63) is 15.8 Å². The lowest BCUT2D eigenvalue weighted by molar-refractivity contribution is -0.385. The second kappa shape index (κ2) is 5.35. The molecule has 0 radical (unpaired) electrons. The van der Waals surface area contributed by atoms with Gasteiger partial charge in [-0.1, -0.05) is 0 Å². The molecule has 1 saturated carbocycles. The maximum absolute atomic E-state index is 11.2. The average Bonchev–Trinajstić information content (AvgIpc) is 3.18. The van der Waals surface area contributed by atoms with Gasteiger partial charge in [0.15, 0.2) is 0 Å². The van der Waals surface area contributed by atoms with Crippen LogP contribution in [0.3, 0.4) is 0 Å². The molecule has 19 heavy (non-hydrogen) atoms. The third-order valence-corrected chi connectivity index (χ3v) is 3.21. The van der Waals surface area contributed by atoms with Crippen LogP contribution in [-0.4, -0.2) is 28.0 Å². The summed E-state index contributed by atoms with van der Waals surface area (Å²) in [6, 6.07) is 0. The Balaban J connectivity index is 2.43. The zero-order valence-electron chi connectivity index (χ0n) is 11.1. The highest BCUT2D eigenvalue weighted by atomic mass is 16.6. The Bertz CT molecular complexity index is 488. The Morgan fingerprint density at radius 1 is 1.53 bits per heavy atom. The number of anilines is 2. The van der Waals surface area contributed by atoms with Crippen molar-refractivity contribution in [2.75, 3.05) is 23.4 Å². The Morgan fingerprint density at radius 3 is 2.68 bits per heavy atom. The maximum Gasteiger partial charge on any atom is 0.332 e. The predicted molar refractivity (Wildman–Crippen MR) is 71.8 cm³/mol. The summed E-state index contributed by atoms with van der Waals surface area (Å²) in [5.41, 5.74) is 2.63. The van der Waals surface area contributed by atoms with Crippen molar-refractivity contribution < 1.29 is 4.92 Å². The topological polar surface area (TPSA) is 110 Å². The number of hydrogen-bond donors (Lipinski definition) is 2. The largest absolute Gasteiger partial charge is 0.351 e. The molecule has 8 heteroatoms. The van der Waals surface area contributed by atoms with Crippen LogP contribution in [0.2, 0.25) is 0 Å². The summed E-state index contributed by atoms with van der Waals surface area (Å²) in [5.74, 6) is 6.47. The number of nitrogens with one attached hydrogen (secondary N) is 1. The zero-order chi connectivity index (χ0) is 14.0. The van der Waals surface area contributed by atoms with E-state index in [1.807, 2.05) is 11.8 Å². The number of nitrogen functional groups attached to an aromatic ring is 1. The second-order valence-corrected chi connectivity index (χ2v) is 4.69. The Labute approximate surface area is 111 Å². The van der Waals surface area contributed by atoms with Crippen LogP contribution in [0.25, 0.3) is 0 Å². The fourth-order valence-corrected chi connectivity index (χ4v) is 2.03. The van der Waals surface area contributed by atoms with Crippen LogP contribution in [-0.2, 0) is 0 Å². The van der Waals surface area contributed by atoms with Crippen LogP contribution in [0.1, 0.15) is 25.5 Å². The normalized spacial score (nSPS) is 14.3. The zero-order valence-corrected chi connectivity index (χ0v) is 11.1. The maximum atomic E-state index is 11.2. The van der Waals surface area contributed by atoms with Crippen LogP contribution in [0.5, 0.6) is 0 Å². The summed E-state index contributed by atoms with van der Waals surface area (Å²) in [6.07, 6.45) is 2.35. The second-order valence-electron chi connectivity index (χ2n) is 4.69. The fourth-order valence-electron chi connectivity index (χ4n) is 2.03. The lowest BCUT2D eigenvalue weighted by Gasteiger charge is -2.22. The minimum atomic E-state index is -0.430. The highest BCUT2D eigenvalue weighted by molar-refractivity contribution is 5.62. The number of hydrogen-bond acceptors (Lipinski definition) is 7. The van der Waals surface area contributed by atoms with Crippen molar-refractivity contribution in [3.8, 4) is 0 Å². The van der Waals surface area contributed by atoms with Crippen molar-refractivity contribution in [2.24, 2.45) is 11.8 Å². The summed E-state index contributed by atoms with van der Waals surface area (Å²) in [5, 5.41) is 11.2. The van der Waals surface area contributed by atoms with Crippen molar-refractivity contribution in [1.82, 2.24) is 9.97 Å². The molecule has 0 atom stereocenters. The summed E-state index contributed by atoms with van der Waals surface area (Å²) < 4.78 is 0. The summed E-state index contributed by atoms with van der Waals surface area (Å²) in [7, 11) is 0. The monoisotopic (exact) mass is 266 g/mol. The van der Waals surface area contributed by atoms with Crippen molar-refractivity contribution in [3.63, 3.8) is 0 Å². The van der Waals surface area contributed by atoms with Gasteiger partial charge in [0.25, 0.3) is 0 Å². The number of aryl methyl sites for hydroxylation is 1. The molecule has 1 heterocycles. The highest BCUT2D eigenvalue weighted by Crippen LogP contribution is 2.35. The molecule has 8 nitrogen and oxygen atoms in total. The first-order valence-electron chi connectivity index (χ1n) is 6.31. The van der Waals surface area contributed by atoms with E-state index in [0.29, 0.717) is 24.0 Å². The molecular weight excluding hydrogens is 248 g/mol. The minimum Gasteiger partial charge on any atom is -0.351 e. The van der Waals surface area contributed by atoms with Gasteiger partial charge in [-0.3, -0.25) is 15.5 Å².